The Hall–Kier alpha value is -2.90. The Morgan fingerprint density at radius 3 is 2.55 bits per heavy atom. The van der Waals surface area contributed by atoms with Crippen molar-refractivity contribution >= 4 is 23.4 Å². The number of nitrogens with zero attached hydrogens (tertiary/aromatic N) is 4. The van der Waals surface area contributed by atoms with Crippen molar-refractivity contribution in [1.82, 2.24) is 24.5 Å². The third-order valence-corrected chi connectivity index (χ3v) is 6.29. The van der Waals surface area contributed by atoms with Gasteiger partial charge in [-0.2, -0.15) is 0 Å². The largest absolute Gasteiger partial charge is 0.352 e. The number of nitrogens with one attached hydrogen (secondary N) is 1. The zero-order valence-corrected chi connectivity index (χ0v) is 17.1. The van der Waals surface area contributed by atoms with E-state index in [2.05, 4.69) is 10.3 Å². The third-order valence-electron chi connectivity index (χ3n) is 6.29. The van der Waals surface area contributed by atoms with Crippen LogP contribution >= 0.6 is 0 Å². The van der Waals surface area contributed by atoms with Crippen molar-refractivity contribution in [2.45, 2.75) is 51.6 Å². The van der Waals surface area contributed by atoms with Crippen molar-refractivity contribution in [3.8, 4) is 0 Å². The Balaban J connectivity index is 1.64. The van der Waals surface area contributed by atoms with Gasteiger partial charge in [-0.1, -0.05) is 6.07 Å². The smallest absolute Gasteiger partial charge is 0.274 e. The molecule has 154 valence electrons. The number of hydrogen-bond acceptors (Lipinski definition) is 4. The molecule has 2 aromatic rings. The monoisotopic (exact) mass is 397 g/mol. The number of fused-ring (bicyclic) bond motifs is 1. The van der Waals surface area contributed by atoms with E-state index in [9.17, 15) is 14.4 Å². The Labute approximate surface area is 169 Å². The fourth-order valence-corrected chi connectivity index (χ4v) is 4.84. The number of aromatic nitrogens is 2. The first-order valence-corrected chi connectivity index (χ1v) is 10.1. The number of carbonyl (C=O) groups excluding carboxylic acids is 3. The highest BCUT2D eigenvalue weighted by Gasteiger charge is 2.50. The van der Waals surface area contributed by atoms with Crippen LogP contribution in [0.1, 0.15) is 49.2 Å². The van der Waals surface area contributed by atoms with E-state index in [1.807, 2.05) is 39.5 Å². The molecule has 1 N–H and O–H groups in total. The molecule has 29 heavy (non-hydrogen) atoms. The van der Waals surface area contributed by atoms with Crippen LogP contribution in [0.15, 0.2) is 24.5 Å². The van der Waals surface area contributed by atoms with Gasteiger partial charge in [0.15, 0.2) is 0 Å². The van der Waals surface area contributed by atoms with E-state index in [-0.39, 0.29) is 29.3 Å². The lowest BCUT2D eigenvalue weighted by atomic mass is 9.84. The van der Waals surface area contributed by atoms with E-state index >= 15 is 0 Å². The van der Waals surface area contributed by atoms with Crippen LogP contribution in [0.4, 0.5) is 0 Å². The topological polar surface area (TPSA) is 87.0 Å². The molecule has 1 spiro atoms. The van der Waals surface area contributed by atoms with Gasteiger partial charge in [-0.15, -0.1) is 0 Å². The number of carbonyl (C=O) groups is 3. The number of rotatable bonds is 2. The molecule has 1 atom stereocenters. The predicted octanol–water partition coefficient (Wildman–Crippen LogP) is 1.37. The van der Waals surface area contributed by atoms with Gasteiger partial charge in [0, 0.05) is 57.5 Å². The van der Waals surface area contributed by atoms with Gasteiger partial charge in [0.05, 0.1) is 0 Å². The van der Waals surface area contributed by atoms with Gasteiger partial charge in [-0.3, -0.25) is 14.4 Å². The standard InChI is InChI=1S/C21H27N5O3/c1-14-5-4-8-25-13-18(23-19(14)25)20(29)26-12-17(22-15(2)27)11-21(26)6-9-24(10-7-21)16(3)28/h4-5,8,13,17H,6-7,9-12H2,1-3H3,(H,22,27)/t17-/m1/s1. The van der Waals surface area contributed by atoms with Crippen molar-refractivity contribution < 1.29 is 14.4 Å². The first kappa shape index (κ1) is 19.4. The fourth-order valence-electron chi connectivity index (χ4n) is 4.84. The van der Waals surface area contributed by atoms with E-state index < -0.39 is 0 Å². The molecule has 0 saturated carbocycles. The number of imidazole rings is 1. The maximum atomic E-state index is 13.5. The van der Waals surface area contributed by atoms with Gasteiger partial charge in [-0.05, 0) is 37.8 Å². The third kappa shape index (κ3) is 3.47. The minimum atomic E-state index is -0.360. The number of piperidine rings is 1. The molecule has 2 aliphatic heterocycles. The van der Waals surface area contributed by atoms with Crippen molar-refractivity contribution in [3.05, 3.63) is 35.8 Å². The number of amides is 3. The summed E-state index contributed by atoms with van der Waals surface area (Å²) in [4.78, 5) is 45.2. The van der Waals surface area contributed by atoms with Gasteiger partial charge in [0.1, 0.15) is 11.3 Å². The second-order valence-corrected chi connectivity index (χ2v) is 8.30. The maximum Gasteiger partial charge on any atom is 0.274 e. The molecule has 4 rings (SSSR count). The van der Waals surface area contributed by atoms with Gasteiger partial charge in [0.2, 0.25) is 11.8 Å². The molecule has 0 bridgehead atoms. The second kappa shape index (κ2) is 7.17. The van der Waals surface area contributed by atoms with Crippen LogP contribution in [-0.4, -0.2) is 68.1 Å². The Morgan fingerprint density at radius 1 is 1.21 bits per heavy atom. The number of aryl methyl sites for hydroxylation is 1. The van der Waals surface area contributed by atoms with Crippen LogP contribution in [0.3, 0.4) is 0 Å². The summed E-state index contributed by atoms with van der Waals surface area (Å²) in [5, 5.41) is 2.98. The lowest BCUT2D eigenvalue weighted by Crippen LogP contribution is -2.54. The van der Waals surface area contributed by atoms with Gasteiger partial charge in [0.25, 0.3) is 5.91 Å². The molecule has 2 saturated heterocycles. The average molecular weight is 397 g/mol. The molecule has 2 aromatic heterocycles. The Morgan fingerprint density at radius 2 is 1.93 bits per heavy atom. The van der Waals surface area contributed by atoms with E-state index in [1.165, 1.54) is 6.92 Å². The molecule has 2 aliphatic rings. The van der Waals surface area contributed by atoms with Gasteiger partial charge in [-0.25, -0.2) is 4.98 Å². The zero-order valence-electron chi connectivity index (χ0n) is 17.1. The van der Waals surface area contributed by atoms with Crippen molar-refractivity contribution in [3.63, 3.8) is 0 Å². The van der Waals surface area contributed by atoms with Crippen LogP contribution in [0.5, 0.6) is 0 Å². The molecule has 2 fully saturated rings. The van der Waals surface area contributed by atoms with Crippen LogP contribution in [0.25, 0.3) is 5.65 Å². The first-order chi connectivity index (χ1) is 13.8. The van der Waals surface area contributed by atoms with Crippen molar-refractivity contribution in [2.24, 2.45) is 0 Å². The summed E-state index contributed by atoms with van der Waals surface area (Å²) in [5.41, 5.74) is 1.83. The fraction of sp³-hybridized carbons (Fsp3) is 0.524. The second-order valence-electron chi connectivity index (χ2n) is 8.30. The van der Waals surface area contributed by atoms with Crippen molar-refractivity contribution in [2.75, 3.05) is 19.6 Å². The molecule has 0 unspecified atom stereocenters. The molecule has 0 aliphatic carbocycles. The van der Waals surface area contributed by atoms with Gasteiger partial charge >= 0.3 is 0 Å². The molecule has 8 nitrogen and oxygen atoms in total. The highest BCUT2D eigenvalue weighted by atomic mass is 16.2. The lowest BCUT2D eigenvalue weighted by molar-refractivity contribution is -0.131. The number of hydrogen-bond donors (Lipinski definition) is 1. The predicted molar refractivity (Wildman–Crippen MR) is 107 cm³/mol. The van der Waals surface area contributed by atoms with Crippen molar-refractivity contribution in [1.29, 1.82) is 0 Å². The minimum absolute atomic E-state index is 0.0601. The average Bonchev–Trinajstić information content (AvgIpc) is 3.24. The maximum absolute atomic E-state index is 13.5. The summed E-state index contributed by atoms with van der Waals surface area (Å²) < 4.78 is 1.87. The molecule has 0 radical (unpaired) electrons. The summed E-state index contributed by atoms with van der Waals surface area (Å²) in [7, 11) is 0. The quantitative estimate of drug-likeness (QED) is 0.829. The Bertz CT molecular complexity index is 974. The van der Waals surface area contributed by atoms with Crippen LogP contribution in [0, 0.1) is 6.92 Å². The van der Waals surface area contributed by atoms with Crippen LogP contribution in [-0.2, 0) is 9.59 Å². The zero-order chi connectivity index (χ0) is 20.8. The Kier molecular flexibility index (Phi) is 4.80. The molecule has 8 heteroatoms. The minimum Gasteiger partial charge on any atom is -0.352 e. The summed E-state index contributed by atoms with van der Waals surface area (Å²) in [6.45, 7) is 6.75. The summed E-state index contributed by atoms with van der Waals surface area (Å²) in [6.07, 6.45) is 5.78. The normalized spacial score (nSPS) is 21.0. The molecular weight excluding hydrogens is 370 g/mol. The van der Waals surface area contributed by atoms with Crippen LogP contribution < -0.4 is 5.32 Å². The molecule has 0 aromatic carbocycles. The highest BCUT2D eigenvalue weighted by molar-refractivity contribution is 5.94. The SMILES string of the molecule is CC(=O)N[C@H]1CN(C(=O)c2cn3cccc(C)c3n2)C2(CCN(C(C)=O)CC2)C1. The van der Waals surface area contributed by atoms with Gasteiger partial charge < -0.3 is 19.5 Å². The number of likely N-dealkylation sites (tertiary alicyclic amines) is 2. The molecule has 3 amide bonds. The summed E-state index contributed by atoms with van der Waals surface area (Å²) in [5.74, 6) is -0.147. The number of pyridine rings is 1. The highest BCUT2D eigenvalue weighted by Crippen LogP contribution is 2.39. The van der Waals surface area contributed by atoms with E-state index in [0.29, 0.717) is 44.6 Å². The first-order valence-electron chi connectivity index (χ1n) is 10.1. The van der Waals surface area contributed by atoms with E-state index in [1.54, 1.807) is 13.1 Å². The molecular formula is C21H27N5O3. The summed E-state index contributed by atoms with van der Waals surface area (Å²) >= 11 is 0. The lowest BCUT2D eigenvalue weighted by Gasteiger charge is -2.44. The summed E-state index contributed by atoms with van der Waals surface area (Å²) in [6, 6.07) is 3.82. The molecule has 4 heterocycles. The van der Waals surface area contributed by atoms with E-state index in [0.717, 1.165) is 11.2 Å². The van der Waals surface area contributed by atoms with E-state index in [4.69, 9.17) is 0 Å². The van der Waals surface area contributed by atoms with Crippen LogP contribution in [0.2, 0.25) is 0 Å².